The summed E-state index contributed by atoms with van der Waals surface area (Å²) in [5.41, 5.74) is 2.74. The monoisotopic (exact) mass is 263 g/mol. The van der Waals surface area contributed by atoms with Gasteiger partial charge in [-0.25, -0.2) is 4.98 Å². The summed E-state index contributed by atoms with van der Waals surface area (Å²) in [6, 6.07) is 15.2. The zero-order valence-electron chi connectivity index (χ0n) is 11.0. The van der Waals surface area contributed by atoms with Crippen molar-refractivity contribution in [2.45, 2.75) is 6.92 Å². The first-order chi connectivity index (χ1) is 9.75. The van der Waals surface area contributed by atoms with Gasteiger partial charge in [-0.2, -0.15) is 0 Å². The normalized spacial score (nSPS) is 10.4. The molecule has 0 radical (unpaired) electrons. The zero-order chi connectivity index (χ0) is 13.9. The highest BCUT2D eigenvalue weighted by Crippen LogP contribution is 2.20. The fraction of sp³-hybridized carbons (Fsp3) is 0.0625. The molecule has 1 N–H and O–H groups in total. The highest BCUT2D eigenvalue weighted by molar-refractivity contribution is 5.64. The van der Waals surface area contributed by atoms with Crippen LogP contribution < -0.4 is 5.56 Å². The van der Waals surface area contributed by atoms with Gasteiger partial charge < -0.3 is 4.98 Å². The molecule has 0 amide bonds. The Morgan fingerprint density at radius 3 is 2.45 bits per heavy atom. The van der Waals surface area contributed by atoms with Crippen molar-refractivity contribution in [1.82, 2.24) is 15.0 Å². The maximum Gasteiger partial charge on any atom is 0.254 e. The predicted octanol–water partition coefficient (Wildman–Crippen LogP) is 2.81. The number of rotatable bonds is 2. The van der Waals surface area contributed by atoms with E-state index in [1.807, 2.05) is 48.5 Å². The Kier molecular flexibility index (Phi) is 3.13. The summed E-state index contributed by atoms with van der Waals surface area (Å²) >= 11 is 0. The van der Waals surface area contributed by atoms with Crippen LogP contribution in [0, 0.1) is 6.92 Å². The third kappa shape index (κ3) is 2.23. The van der Waals surface area contributed by atoms with E-state index < -0.39 is 0 Å². The minimum Gasteiger partial charge on any atom is -0.305 e. The Morgan fingerprint density at radius 2 is 1.75 bits per heavy atom. The van der Waals surface area contributed by atoms with Gasteiger partial charge in [-0.1, -0.05) is 36.4 Å². The molecule has 2 aromatic heterocycles. The van der Waals surface area contributed by atoms with E-state index in [4.69, 9.17) is 0 Å². The van der Waals surface area contributed by atoms with Crippen LogP contribution in [0.2, 0.25) is 0 Å². The zero-order valence-corrected chi connectivity index (χ0v) is 11.0. The third-order valence-electron chi connectivity index (χ3n) is 3.11. The lowest BCUT2D eigenvalue weighted by molar-refractivity contribution is 1.07. The van der Waals surface area contributed by atoms with Crippen molar-refractivity contribution in [3.8, 4) is 22.8 Å². The average molecular weight is 263 g/mol. The maximum atomic E-state index is 12.1. The number of nitrogens with zero attached hydrogens (tertiary/aromatic N) is 2. The summed E-state index contributed by atoms with van der Waals surface area (Å²) in [7, 11) is 0. The molecule has 0 atom stereocenters. The maximum absolute atomic E-state index is 12.1. The predicted molar refractivity (Wildman–Crippen MR) is 78.3 cm³/mol. The quantitative estimate of drug-likeness (QED) is 0.773. The fourth-order valence-corrected chi connectivity index (χ4v) is 2.03. The van der Waals surface area contributed by atoms with Crippen LogP contribution in [0.4, 0.5) is 0 Å². The van der Waals surface area contributed by atoms with Gasteiger partial charge in [-0.3, -0.25) is 9.78 Å². The van der Waals surface area contributed by atoms with Crippen LogP contribution >= 0.6 is 0 Å². The lowest BCUT2D eigenvalue weighted by Crippen LogP contribution is -2.14. The summed E-state index contributed by atoms with van der Waals surface area (Å²) in [5, 5.41) is 0. The standard InChI is InChI=1S/C16H13N3O/c1-11-14(12-7-3-2-4-8-12)18-15(19-16(11)20)13-9-5-6-10-17-13/h2-10H,1H3,(H,18,19,20). The van der Waals surface area contributed by atoms with Crippen LogP contribution in [0.5, 0.6) is 0 Å². The van der Waals surface area contributed by atoms with E-state index in [-0.39, 0.29) is 5.56 Å². The Hall–Kier alpha value is -2.75. The number of aromatic nitrogens is 3. The largest absolute Gasteiger partial charge is 0.305 e. The molecule has 3 aromatic rings. The van der Waals surface area contributed by atoms with Crippen molar-refractivity contribution in [1.29, 1.82) is 0 Å². The Bertz CT molecular complexity index is 780. The topological polar surface area (TPSA) is 58.6 Å². The first-order valence-corrected chi connectivity index (χ1v) is 6.33. The van der Waals surface area contributed by atoms with E-state index in [1.165, 1.54) is 0 Å². The first kappa shape index (κ1) is 12.3. The van der Waals surface area contributed by atoms with Crippen molar-refractivity contribution < 1.29 is 0 Å². The molecule has 0 saturated heterocycles. The van der Waals surface area contributed by atoms with Gasteiger partial charge in [0.15, 0.2) is 5.82 Å². The number of nitrogens with one attached hydrogen (secondary N) is 1. The molecule has 4 nitrogen and oxygen atoms in total. The van der Waals surface area contributed by atoms with Crippen LogP contribution in [-0.2, 0) is 0 Å². The molecule has 0 fully saturated rings. The van der Waals surface area contributed by atoms with Crippen LogP contribution in [-0.4, -0.2) is 15.0 Å². The van der Waals surface area contributed by atoms with Crippen LogP contribution in [0.15, 0.2) is 59.5 Å². The molecule has 1 aromatic carbocycles. The van der Waals surface area contributed by atoms with E-state index in [0.29, 0.717) is 22.8 Å². The number of pyridine rings is 1. The molecule has 98 valence electrons. The molecule has 0 aliphatic heterocycles. The van der Waals surface area contributed by atoms with Gasteiger partial charge in [-0.15, -0.1) is 0 Å². The molecule has 20 heavy (non-hydrogen) atoms. The summed E-state index contributed by atoms with van der Waals surface area (Å²) in [6.45, 7) is 1.77. The number of H-pyrrole nitrogens is 1. The van der Waals surface area contributed by atoms with E-state index in [1.54, 1.807) is 13.1 Å². The highest BCUT2D eigenvalue weighted by Gasteiger charge is 2.11. The van der Waals surface area contributed by atoms with E-state index in [9.17, 15) is 4.79 Å². The summed E-state index contributed by atoms with van der Waals surface area (Å²) < 4.78 is 0. The Labute approximate surface area is 116 Å². The van der Waals surface area contributed by atoms with Crippen molar-refractivity contribution in [3.63, 3.8) is 0 Å². The summed E-state index contributed by atoms with van der Waals surface area (Å²) in [4.78, 5) is 23.6. The molecule has 0 saturated carbocycles. The van der Waals surface area contributed by atoms with Gasteiger partial charge in [0.1, 0.15) is 5.69 Å². The number of hydrogen-bond acceptors (Lipinski definition) is 3. The third-order valence-corrected chi connectivity index (χ3v) is 3.11. The molecular weight excluding hydrogens is 250 g/mol. The van der Waals surface area contributed by atoms with Crippen LogP contribution in [0.25, 0.3) is 22.8 Å². The summed E-state index contributed by atoms with van der Waals surface area (Å²) in [6.07, 6.45) is 1.68. The lowest BCUT2D eigenvalue weighted by atomic mass is 10.1. The molecule has 0 aliphatic rings. The molecule has 0 spiro atoms. The molecular formula is C16H13N3O. The number of benzene rings is 1. The van der Waals surface area contributed by atoms with Gasteiger partial charge in [-0.05, 0) is 19.1 Å². The number of aromatic amines is 1. The Balaban J connectivity index is 2.22. The lowest BCUT2D eigenvalue weighted by Gasteiger charge is -2.07. The summed E-state index contributed by atoms with van der Waals surface area (Å²) in [5.74, 6) is 0.486. The SMILES string of the molecule is Cc1c(-c2ccccc2)nc(-c2ccccn2)[nH]c1=O. The van der Waals surface area contributed by atoms with Crippen LogP contribution in [0.1, 0.15) is 5.56 Å². The average Bonchev–Trinajstić information content (AvgIpc) is 2.51. The Morgan fingerprint density at radius 1 is 1.00 bits per heavy atom. The molecule has 4 heteroatoms. The minimum absolute atomic E-state index is 0.139. The molecule has 0 bridgehead atoms. The van der Waals surface area contributed by atoms with Crippen molar-refractivity contribution >= 4 is 0 Å². The molecule has 0 unspecified atom stereocenters. The smallest absolute Gasteiger partial charge is 0.254 e. The van der Waals surface area contributed by atoms with Gasteiger partial charge in [0, 0.05) is 17.3 Å². The first-order valence-electron chi connectivity index (χ1n) is 6.33. The van der Waals surface area contributed by atoms with E-state index in [0.717, 1.165) is 5.56 Å². The van der Waals surface area contributed by atoms with Crippen molar-refractivity contribution in [2.75, 3.05) is 0 Å². The van der Waals surface area contributed by atoms with E-state index >= 15 is 0 Å². The fourth-order valence-electron chi connectivity index (χ4n) is 2.03. The highest BCUT2D eigenvalue weighted by atomic mass is 16.1. The second-order valence-electron chi connectivity index (χ2n) is 4.47. The van der Waals surface area contributed by atoms with Gasteiger partial charge in [0.2, 0.25) is 0 Å². The molecule has 2 heterocycles. The van der Waals surface area contributed by atoms with Crippen LogP contribution in [0.3, 0.4) is 0 Å². The number of hydrogen-bond donors (Lipinski definition) is 1. The van der Waals surface area contributed by atoms with Crippen molar-refractivity contribution in [2.24, 2.45) is 0 Å². The van der Waals surface area contributed by atoms with Gasteiger partial charge in [0.05, 0.1) is 5.69 Å². The van der Waals surface area contributed by atoms with Gasteiger partial charge >= 0.3 is 0 Å². The second-order valence-corrected chi connectivity index (χ2v) is 4.47. The van der Waals surface area contributed by atoms with Crippen molar-refractivity contribution in [3.05, 3.63) is 70.6 Å². The minimum atomic E-state index is -0.139. The molecule has 0 aliphatic carbocycles. The van der Waals surface area contributed by atoms with Gasteiger partial charge in [0.25, 0.3) is 5.56 Å². The van der Waals surface area contributed by atoms with E-state index in [2.05, 4.69) is 15.0 Å². The molecule has 3 rings (SSSR count). The second kappa shape index (κ2) is 5.09.